The van der Waals surface area contributed by atoms with Gasteiger partial charge in [-0.2, -0.15) is 0 Å². The molecule has 1 aliphatic rings. The number of aliphatic carboxylic acids is 1. The van der Waals surface area contributed by atoms with Crippen molar-refractivity contribution < 1.29 is 19.4 Å². The van der Waals surface area contributed by atoms with Crippen molar-refractivity contribution in [3.8, 4) is 0 Å². The van der Waals surface area contributed by atoms with Gasteiger partial charge in [0.15, 0.2) is 0 Å². The Labute approximate surface area is 108 Å². The number of ether oxygens (including phenoxy) is 1. The van der Waals surface area contributed by atoms with Gasteiger partial charge in [0.1, 0.15) is 6.10 Å². The second-order valence-electron chi connectivity index (χ2n) is 4.73. The van der Waals surface area contributed by atoms with Crippen LogP contribution in [-0.4, -0.2) is 35.7 Å². The molecular weight excluding hydrogens is 234 g/mol. The molecule has 1 atom stereocenters. The smallest absolute Gasteiger partial charge is 0.305 e. The van der Waals surface area contributed by atoms with Crippen molar-refractivity contribution in [1.82, 2.24) is 5.32 Å². The Morgan fingerprint density at radius 3 is 2.56 bits per heavy atom. The summed E-state index contributed by atoms with van der Waals surface area (Å²) in [6.07, 6.45) is 5.96. The lowest BCUT2D eigenvalue weighted by Crippen LogP contribution is -2.39. The molecule has 1 saturated carbocycles. The van der Waals surface area contributed by atoms with Gasteiger partial charge in [-0.3, -0.25) is 9.59 Å². The van der Waals surface area contributed by atoms with E-state index < -0.39 is 12.1 Å². The van der Waals surface area contributed by atoms with Crippen LogP contribution in [-0.2, 0) is 14.3 Å². The number of hydrogen-bond donors (Lipinski definition) is 2. The lowest BCUT2D eigenvalue weighted by molar-refractivity contribution is -0.139. The molecule has 1 amide bonds. The SMILES string of the molecule is CCC(OC1CCCCC1)C(=O)NCCC(=O)O. The second-order valence-corrected chi connectivity index (χ2v) is 4.73. The fourth-order valence-electron chi connectivity index (χ4n) is 2.18. The monoisotopic (exact) mass is 257 g/mol. The minimum Gasteiger partial charge on any atom is -0.481 e. The number of carbonyl (C=O) groups excluding carboxylic acids is 1. The number of nitrogens with one attached hydrogen (secondary N) is 1. The molecule has 0 saturated heterocycles. The van der Waals surface area contributed by atoms with E-state index in [9.17, 15) is 9.59 Å². The summed E-state index contributed by atoms with van der Waals surface area (Å²) in [5, 5.41) is 11.1. The van der Waals surface area contributed by atoms with E-state index in [0.29, 0.717) is 6.42 Å². The molecule has 0 spiro atoms. The fourth-order valence-corrected chi connectivity index (χ4v) is 2.18. The number of rotatable bonds is 7. The van der Waals surface area contributed by atoms with Gasteiger partial charge in [0.25, 0.3) is 0 Å². The molecule has 2 N–H and O–H groups in total. The van der Waals surface area contributed by atoms with Crippen LogP contribution < -0.4 is 5.32 Å². The average Bonchev–Trinajstić information content (AvgIpc) is 2.36. The molecule has 1 aliphatic carbocycles. The zero-order valence-electron chi connectivity index (χ0n) is 11.0. The molecule has 1 unspecified atom stereocenters. The number of amides is 1. The van der Waals surface area contributed by atoms with Crippen molar-refractivity contribution in [2.24, 2.45) is 0 Å². The van der Waals surface area contributed by atoms with Crippen LogP contribution >= 0.6 is 0 Å². The van der Waals surface area contributed by atoms with Gasteiger partial charge in [0, 0.05) is 6.54 Å². The standard InChI is InChI=1S/C13H23NO4/c1-2-11(13(17)14-9-8-12(15)16)18-10-6-4-3-5-7-10/h10-11H,2-9H2,1H3,(H,14,17)(H,15,16). The van der Waals surface area contributed by atoms with Gasteiger partial charge in [-0.05, 0) is 19.3 Å². The predicted octanol–water partition coefficient (Wildman–Crippen LogP) is 1.71. The quantitative estimate of drug-likeness (QED) is 0.728. The average molecular weight is 257 g/mol. The van der Waals surface area contributed by atoms with Crippen LogP contribution in [0.2, 0.25) is 0 Å². The Balaban J connectivity index is 2.29. The third-order valence-electron chi connectivity index (χ3n) is 3.21. The fraction of sp³-hybridized carbons (Fsp3) is 0.846. The zero-order chi connectivity index (χ0) is 13.4. The van der Waals surface area contributed by atoms with E-state index in [4.69, 9.17) is 9.84 Å². The van der Waals surface area contributed by atoms with E-state index in [1.807, 2.05) is 6.92 Å². The summed E-state index contributed by atoms with van der Waals surface area (Å²) in [4.78, 5) is 22.2. The van der Waals surface area contributed by atoms with E-state index in [2.05, 4.69) is 5.32 Å². The third-order valence-corrected chi connectivity index (χ3v) is 3.21. The largest absolute Gasteiger partial charge is 0.481 e. The van der Waals surface area contributed by atoms with Crippen molar-refractivity contribution in [2.45, 2.75) is 64.1 Å². The Morgan fingerprint density at radius 2 is 2.00 bits per heavy atom. The van der Waals surface area contributed by atoms with Crippen LogP contribution in [0.1, 0.15) is 51.9 Å². The molecule has 18 heavy (non-hydrogen) atoms. The zero-order valence-corrected chi connectivity index (χ0v) is 11.0. The van der Waals surface area contributed by atoms with Gasteiger partial charge in [0.2, 0.25) is 5.91 Å². The number of hydrogen-bond acceptors (Lipinski definition) is 3. The van der Waals surface area contributed by atoms with Crippen LogP contribution in [0.15, 0.2) is 0 Å². The van der Waals surface area contributed by atoms with Gasteiger partial charge >= 0.3 is 5.97 Å². The minimum absolute atomic E-state index is 0.0500. The first kappa shape index (κ1) is 15.0. The van der Waals surface area contributed by atoms with E-state index in [0.717, 1.165) is 12.8 Å². The summed E-state index contributed by atoms with van der Waals surface area (Å²) in [6.45, 7) is 2.07. The molecule has 1 fully saturated rings. The van der Waals surface area contributed by atoms with E-state index in [1.54, 1.807) is 0 Å². The van der Waals surface area contributed by atoms with E-state index >= 15 is 0 Å². The number of carboxylic acids is 1. The Kier molecular flexibility index (Phi) is 6.72. The van der Waals surface area contributed by atoms with Crippen LogP contribution in [0.4, 0.5) is 0 Å². The summed E-state index contributed by atoms with van der Waals surface area (Å²) in [5.74, 6) is -1.10. The van der Waals surface area contributed by atoms with E-state index in [-0.39, 0.29) is 25.0 Å². The normalized spacial score (nSPS) is 18.3. The molecule has 1 rings (SSSR count). The topological polar surface area (TPSA) is 75.6 Å². The van der Waals surface area contributed by atoms with Crippen LogP contribution in [0.5, 0.6) is 0 Å². The summed E-state index contributed by atoms with van der Waals surface area (Å²) < 4.78 is 5.80. The van der Waals surface area contributed by atoms with E-state index in [1.165, 1.54) is 19.3 Å². The predicted molar refractivity (Wildman–Crippen MR) is 67.3 cm³/mol. The first-order valence-electron chi connectivity index (χ1n) is 6.78. The molecule has 104 valence electrons. The maximum absolute atomic E-state index is 11.8. The first-order chi connectivity index (χ1) is 8.63. The van der Waals surface area contributed by atoms with Crippen LogP contribution in [0.25, 0.3) is 0 Å². The van der Waals surface area contributed by atoms with Gasteiger partial charge < -0.3 is 15.2 Å². The molecule has 0 aliphatic heterocycles. The Morgan fingerprint density at radius 1 is 1.33 bits per heavy atom. The summed E-state index contributed by atoms with van der Waals surface area (Å²) in [5.41, 5.74) is 0. The highest BCUT2D eigenvalue weighted by Crippen LogP contribution is 2.22. The summed E-state index contributed by atoms with van der Waals surface area (Å²) >= 11 is 0. The maximum Gasteiger partial charge on any atom is 0.305 e. The van der Waals surface area contributed by atoms with Gasteiger partial charge in [-0.1, -0.05) is 26.2 Å². The molecule has 5 heteroatoms. The highest BCUT2D eigenvalue weighted by atomic mass is 16.5. The first-order valence-corrected chi connectivity index (χ1v) is 6.78. The number of carbonyl (C=O) groups is 2. The third kappa shape index (κ3) is 5.49. The van der Waals surface area contributed by atoms with Gasteiger partial charge in [-0.15, -0.1) is 0 Å². The van der Waals surface area contributed by atoms with Crippen molar-refractivity contribution in [3.63, 3.8) is 0 Å². The van der Waals surface area contributed by atoms with Gasteiger partial charge in [-0.25, -0.2) is 0 Å². The van der Waals surface area contributed by atoms with Crippen LogP contribution in [0, 0.1) is 0 Å². The molecule has 0 aromatic heterocycles. The van der Waals surface area contributed by atoms with Crippen molar-refractivity contribution >= 4 is 11.9 Å². The highest BCUT2D eigenvalue weighted by Gasteiger charge is 2.23. The lowest BCUT2D eigenvalue weighted by atomic mass is 9.97. The van der Waals surface area contributed by atoms with Crippen LogP contribution in [0.3, 0.4) is 0 Å². The highest BCUT2D eigenvalue weighted by molar-refractivity contribution is 5.81. The molecule has 5 nitrogen and oxygen atoms in total. The van der Waals surface area contributed by atoms with Gasteiger partial charge in [0.05, 0.1) is 12.5 Å². The summed E-state index contributed by atoms with van der Waals surface area (Å²) in [7, 11) is 0. The van der Waals surface area contributed by atoms with Crippen molar-refractivity contribution in [3.05, 3.63) is 0 Å². The lowest BCUT2D eigenvalue weighted by Gasteiger charge is -2.26. The molecule has 0 radical (unpaired) electrons. The minimum atomic E-state index is -0.906. The Hall–Kier alpha value is -1.10. The van der Waals surface area contributed by atoms with Crippen molar-refractivity contribution in [1.29, 1.82) is 0 Å². The Bertz CT molecular complexity index is 274. The summed E-state index contributed by atoms with van der Waals surface area (Å²) in [6, 6.07) is 0. The molecular formula is C13H23NO4. The second kappa shape index (κ2) is 8.08. The number of carboxylic acid groups (broad SMARTS) is 1. The molecule has 0 aromatic carbocycles. The molecule has 0 bridgehead atoms. The van der Waals surface area contributed by atoms with Crippen molar-refractivity contribution in [2.75, 3.05) is 6.54 Å². The molecule has 0 heterocycles. The molecule has 0 aromatic rings. The maximum atomic E-state index is 11.8.